The molecule has 1 saturated heterocycles. The molecule has 7 nitrogen and oxygen atoms in total. The third-order valence-corrected chi connectivity index (χ3v) is 5.72. The highest BCUT2D eigenvalue weighted by molar-refractivity contribution is 7.17. The smallest absolute Gasteiger partial charge is 0.313 e. The predicted molar refractivity (Wildman–Crippen MR) is 113 cm³/mol. The number of amidine groups is 1. The summed E-state index contributed by atoms with van der Waals surface area (Å²) in [6.07, 6.45) is 2.19. The van der Waals surface area contributed by atoms with Gasteiger partial charge in [-0.2, -0.15) is 0 Å². The molecule has 0 bridgehead atoms. The summed E-state index contributed by atoms with van der Waals surface area (Å²) >= 11 is 6.99. The van der Waals surface area contributed by atoms with Gasteiger partial charge in [-0.3, -0.25) is 15.0 Å². The number of ether oxygens (including phenoxy) is 2. The summed E-state index contributed by atoms with van der Waals surface area (Å²) in [7, 11) is 1.49. The van der Waals surface area contributed by atoms with E-state index in [1.165, 1.54) is 18.4 Å². The fraction of sp³-hybridized carbons (Fsp3) is 0.350. The maximum Gasteiger partial charge on any atom is 0.313 e. The highest BCUT2D eigenvalue weighted by atomic mass is 35.5. The van der Waals surface area contributed by atoms with Crippen molar-refractivity contribution in [2.45, 2.75) is 19.3 Å². The zero-order valence-electron chi connectivity index (χ0n) is 16.0. The van der Waals surface area contributed by atoms with E-state index < -0.39 is 5.97 Å². The normalized spacial score (nSPS) is 13.2. The summed E-state index contributed by atoms with van der Waals surface area (Å²) < 4.78 is 11.2. The van der Waals surface area contributed by atoms with Gasteiger partial charge in [-0.05, 0) is 43.2 Å². The van der Waals surface area contributed by atoms with Gasteiger partial charge in [-0.15, -0.1) is 11.3 Å². The average Bonchev–Trinajstić information content (AvgIpc) is 3.39. The molecule has 154 valence electrons. The fourth-order valence-electron chi connectivity index (χ4n) is 3.00. The van der Waals surface area contributed by atoms with Crippen LogP contribution in [0.1, 0.15) is 34.5 Å². The van der Waals surface area contributed by atoms with E-state index in [1.807, 2.05) is 4.90 Å². The van der Waals surface area contributed by atoms with Gasteiger partial charge in [0.1, 0.15) is 5.84 Å². The molecule has 0 unspecified atom stereocenters. The van der Waals surface area contributed by atoms with Crippen molar-refractivity contribution >= 4 is 40.6 Å². The second kappa shape index (κ2) is 9.76. The van der Waals surface area contributed by atoms with Gasteiger partial charge in [-0.25, -0.2) is 0 Å². The first-order chi connectivity index (χ1) is 14.0. The number of carbonyl (C=O) groups excluding carboxylic acids is 2. The van der Waals surface area contributed by atoms with Gasteiger partial charge >= 0.3 is 5.97 Å². The topological polar surface area (TPSA) is 91.7 Å². The van der Waals surface area contributed by atoms with Crippen LogP contribution in [0.5, 0.6) is 11.5 Å². The van der Waals surface area contributed by atoms with Crippen LogP contribution in [0.15, 0.2) is 30.3 Å². The Balaban J connectivity index is 1.54. The van der Waals surface area contributed by atoms with Gasteiger partial charge < -0.3 is 19.7 Å². The molecule has 2 heterocycles. The van der Waals surface area contributed by atoms with Crippen LogP contribution < -0.4 is 14.8 Å². The van der Waals surface area contributed by atoms with Gasteiger partial charge in [0.15, 0.2) is 11.5 Å². The SMILES string of the molecule is COc1cc(C(=N)N2CCCC2)ccc1OC(=O)CCNC(=O)c1ccc(Cl)s1. The molecule has 0 atom stereocenters. The molecule has 0 aliphatic carbocycles. The molecule has 29 heavy (non-hydrogen) atoms. The Morgan fingerprint density at radius 3 is 2.62 bits per heavy atom. The minimum absolute atomic E-state index is 0.0132. The number of likely N-dealkylation sites (tertiary alicyclic amines) is 1. The van der Waals surface area contributed by atoms with Crippen molar-refractivity contribution in [2.24, 2.45) is 0 Å². The van der Waals surface area contributed by atoms with Crippen molar-refractivity contribution in [2.75, 3.05) is 26.7 Å². The number of hydrogen-bond acceptors (Lipinski definition) is 6. The minimum Gasteiger partial charge on any atom is -0.493 e. The molecule has 2 aromatic rings. The second-order valence-corrected chi connectivity index (χ2v) is 8.21. The summed E-state index contributed by atoms with van der Waals surface area (Å²) in [5.41, 5.74) is 0.713. The lowest BCUT2D eigenvalue weighted by molar-refractivity contribution is -0.134. The molecule has 1 aromatic heterocycles. The monoisotopic (exact) mass is 435 g/mol. The van der Waals surface area contributed by atoms with E-state index in [9.17, 15) is 9.59 Å². The van der Waals surface area contributed by atoms with E-state index in [2.05, 4.69) is 5.32 Å². The quantitative estimate of drug-likeness (QED) is 0.300. The van der Waals surface area contributed by atoms with Crippen LogP contribution in [0.3, 0.4) is 0 Å². The van der Waals surface area contributed by atoms with E-state index in [-0.39, 0.29) is 24.6 Å². The number of rotatable bonds is 7. The second-order valence-electron chi connectivity index (χ2n) is 6.49. The van der Waals surface area contributed by atoms with Crippen LogP contribution in [0.2, 0.25) is 4.34 Å². The van der Waals surface area contributed by atoms with Gasteiger partial charge in [0.05, 0.1) is 22.7 Å². The third-order valence-electron chi connectivity index (χ3n) is 4.49. The Kier molecular flexibility index (Phi) is 7.11. The van der Waals surface area contributed by atoms with Crippen LogP contribution in [0.4, 0.5) is 0 Å². The lowest BCUT2D eigenvalue weighted by Crippen LogP contribution is -2.27. The van der Waals surface area contributed by atoms with Gasteiger partial charge in [0, 0.05) is 25.2 Å². The third kappa shape index (κ3) is 5.48. The summed E-state index contributed by atoms with van der Waals surface area (Å²) in [6, 6.07) is 8.35. The first-order valence-electron chi connectivity index (χ1n) is 9.24. The van der Waals surface area contributed by atoms with E-state index in [0.717, 1.165) is 25.9 Å². The lowest BCUT2D eigenvalue weighted by Gasteiger charge is -2.19. The molecule has 1 aromatic carbocycles. The molecule has 1 aliphatic rings. The van der Waals surface area contributed by atoms with E-state index in [0.29, 0.717) is 26.4 Å². The molecule has 0 saturated carbocycles. The number of methoxy groups -OCH3 is 1. The molecule has 1 fully saturated rings. The van der Waals surface area contributed by atoms with E-state index in [1.54, 1.807) is 30.3 Å². The number of nitrogens with one attached hydrogen (secondary N) is 2. The number of benzene rings is 1. The Hall–Kier alpha value is -2.58. The molecule has 0 radical (unpaired) electrons. The van der Waals surface area contributed by atoms with Crippen LogP contribution in [0, 0.1) is 5.41 Å². The van der Waals surface area contributed by atoms with E-state index >= 15 is 0 Å². The minimum atomic E-state index is -0.491. The fourth-order valence-corrected chi connectivity index (χ4v) is 3.96. The Morgan fingerprint density at radius 1 is 1.21 bits per heavy atom. The van der Waals surface area contributed by atoms with Gasteiger partial charge in [0.25, 0.3) is 5.91 Å². The molecule has 0 spiro atoms. The molecule has 1 amide bonds. The molecular formula is C20H22ClN3O4S. The first kappa shape index (κ1) is 21.1. The number of amides is 1. The number of carbonyl (C=O) groups is 2. The molecule has 9 heteroatoms. The lowest BCUT2D eigenvalue weighted by atomic mass is 10.1. The maximum atomic E-state index is 12.1. The van der Waals surface area contributed by atoms with Gasteiger partial charge in [-0.1, -0.05) is 11.6 Å². The van der Waals surface area contributed by atoms with Crippen LogP contribution >= 0.6 is 22.9 Å². The average molecular weight is 436 g/mol. The number of nitrogens with zero attached hydrogens (tertiary/aromatic N) is 1. The Labute approximate surface area is 178 Å². The Bertz CT molecular complexity index is 909. The first-order valence-corrected chi connectivity index (χ1v) is 10.4. The molecule has 2 N–H and O–H groups in total. The summed E-state index contributed by atoms with van der Waals surface area (Å²) in [6.45, 7) is 1.90. The van der Waals surface area contributed by atoms with Crippen molar-refractivity contribution in [3.63, 3.8) is 0 Å². The standard InChI is InChI=1S/C20H22ClN3O4S/c1-27-15-12-13(19(22)24-10-2-3-11-24)4-5-14(15)28-18(25)8-9-23-20(26)16-6-7-17(21)29-16/h4-7,12,22H,2-3,8-11H2,1H3,(H,23,26). The van der Waals surface area contributed by atoms with Crippen molar-refractivity contribution in [1.82, 2.24) is 10.2 Å². The van der Waals surface area contributed by atoms with Crippen molar-refractivity contribution < 1.29 is 19.1 Å². The van der Waals surface area contributed by atoms with Crippen LogP contribution in [-0.4, -0.2) is 49.4 Å². The summed E-state index contributed by atoms with van der Waals surface area (Å²) in [5, 5.41) is 11.0. The number of esters is 1. The highest BCUT2D eigenvalue weighted by Crippen LogP contribution is 2.29. The van der Waals surface area contributed by atoms with Crippen LogP contribution in [0.25, 0.3) is 0 Å². The number of hydrogen-bond donors (Lipinski definition) is 2. The highest BCUT2D eigenvalue weighted by Gasteiger charge is 2.19. The number of halogens is 1. The molecular weight excluding hydrogens is 414 g/mol. The largest absolute Gasteiger partial charge is 0.493 e. The number of thiophene rings is 1. The van der Waals surface area contributed by atoms with Gasteiger partial charge in [0.2, 0.25) is 0 Å². The maximum absolute atomic E-state index is 12.1. The molecule has 1 aliphatic heterocycles. The zero-order valence-corrected chi connectivity index (χ0v) is 17.6. The predicted octanol–water partition coefficient (Wildman–Crippen LogP) is 3.56. The van der Waals surface area contributed by atoms with Crippen molar-refractivity contribution in [1.29, 1.82) is 5.41 Å². The summed E-state index contributed by atoms with van der Waals surface area (Å²) in [4.78, 5) is 26.6. The molecule has 3 rings (SSSR count). The Morgan fingerprint density at radius 2 is 1.97 bits per heavy atom. The van der Waals surface area contributed by atoms with Crippen LogP contribution in [-0.2, 0) is 4.79 Å². The summed E-state index contributed by atoms with van der Waals surface area (Å²) in [5.74, 6) is 0.339. The van der Waals surface area contributed by atoms with Crippen molar-refractivity contribution in [3.8, 4) is 11.5 Å². The zero-order chi connectivity index (χ0) is 20.8. The van der Waals surface area contributed by atoms with Crippen molar-refractivity contribution in [3.05, 3.63) is 45.1 Å². The van der Waals surface area contributed by atoms with E-state index in [4.69, 9.17) is 26.5 Å².